The highest BCUT2D eigenvalue weighted by Gasteiger charge is 2.39. The summed E-state index contributed by atoms with van der Waals surface area (Å²) < 4.78 is 10.9. The Bertz CT molecular complexity index is 860. The fourth-order valence-electron chi connectivity index (χ4n) is 2.86. The lowest BCUT2D eigenvalue weighted by molar-refractivity contribution is -0.166. The van der Waals surface area contributed by atoms with Crippen LogP contribution in [0.3, 0.4) is 0 Å². The molecule has 0 radical (unpaired) electrons. The molecule has 0 fully saturated rings. The van der Waals surface area contributed by atoms with Crippen LogP contribution in [0.4, 0.5) is 0 Å². The number of ether oxygens (including phenoxy) is 2. The van der Waals surface area contributed by atoms with E-state index in [2.05, 4.69) is 0 Å². The first-order valence-corrected chi connectivity index (χ1v) is 8.89. The highest BCUT2D eigenvalue weighted by molar-refractivity contribution is 5.81. The van der Waals surface area contributed by atoms with Crippen LogP contribution in [0.1, 0.15) is 18.1 Å². The Morgan fingerprint density at radius 3 is 2.00 bits per heavy atom. The molecule has 0 bridgehead atoms. The van der Waals surface area contributed by atoms with Gasteiger partial charge < -0.3 is 14.6 Å². The number of hydrogen-bond donors (Lipinski definition) is 1. The maximum atomic E-state index is 12.5. The zero-order valence-corrected chi connectivity index (χ0v) is 15.2. The standard InChI is InChI=1S/C23H22O4/c1-2-26-22(24)23(25,17-18-9-5-3-6-10-18)19-13-15-21(16-14-19)27-20-11-7-4-8-12-20/h3-16,25H,2,17H2,1H3/t23-/m0/s1. The minimum Gasteiger partial charge on any atom is -0.464 e. The highest BCUT2D eigenvalue weighted by Crippen LogP contribution is 2.30. The Morgan fingerprint density at radius 2 is 1.41 bits per heavy atom. The van der Waals surface area contributed by atoms with E-state index in [4.69, 9.17) is 9.47 Å². The van der Waals surface area contributed by atoms with Crippen LogP contribution in [-0.2, 0) is 21.6 Å². The summed E-state index contributed by atoms with van der Waals surface area (Å²) >= 11 is 0. The highest BCUT2D eigenvalue weighted by atomic mass is 16.5. The van der Waals surface area contributed by atoms with Crippen molar-refractivity contribution < 1.29 is 19.4 Å². The predicted octanol–water partition coefficient (Wildman–Crippen LogP) is 4.47. The molecule has 0 aliphatic heterocycles. The third-order valence-electron chi connectivity index (χ3n) is 4.23. The number of aliphatic hydroxyl groups is 1. The molecule has 3 aromatic carbocycles. The minimum absolute atomic E-state index is 0.131. The van der Waals surface area contributed by atoms with Crippen LogP contribution in [-0.4, -0.2) is 17.7 Å². The molecule has 3 rings (SSSR count). The van der Waals surface area contributed by atoms with Gasteiger partial charge in [0.25, 0.3) is 0 Å². The molecule has 1 N–H and O–H groups in total. The molecule has 4 heteroatoms. The Labute approximate surface area is 159 Å². The molecule has 0 unspecified atom stereocenters. The van der Waals surface area contributed by atoms with E-state index < -0.39 is 11.6 Å². The fourth-order valence-corrected chi connectivity index (χ4v) is 2.86. The maximum absolute atomic E-state index is 12.5. The third-order valence-corrected chi connectivity index (χ3v) is 4.23. The quantitative estimate of drug-likeness (QED) is 0.630. The van der Waals surface area contributed by atoms with Crippen molar-refractivity contribution in [2.75, 3.05) is 6.61 Å². The average Bonchev–Trinajstić information content (AvgIpc) is 2.70. The van der Waals surface area contributed by atoms with Gasteiger partial charge in [-0.3, -0.25) is 0 Å². The summed E-state index contributed by atoms with van der Waals surface area (Å²) in [6, 6.07) is 25.7. The van der Waals surface area contributed by atoms with Crippen LogP contribution >= 0.6 is 0 Å². The second-order valence-corrected chi connectivity index (χ2v) is 6.18. The van der Waals surface area contributed by atoms with Gasteiger partial charge >= 0.3 is 5.97 Å². The monoisotopic (exact) mass is 362 g/mol. The fraction of sp³-hybridized carbons (Fsp3) is 0.174. The van der Waals surface area contributed by atoms with Crippen molar-refractivity contribution in [1.29, 1.82) is 0 Å². The van der Waals surface area contributed by atoms with E-state index >= 15 is 0 Å². The molecule has 0 saturated carbocycles. The predicted molar refractivity (Wildman–Crippen MR) is 104 cm³/mol. The topological polar surface area (TPSA) is 55.8 Å². The zero-order valence-electron chi connectivity index (χ0n) is 15.2. The number of carbonyl (C=O) groups excluding carboxylic acids is 1. The minimum atomic E-state index is -1.76. The molecule has 0 aliphatic carbocycles. The van der Waals surface area contributed by atoms with E-state index in [1.807, 2.05) is 60.7 Å². The molecule has 0 aromatic heterocycles. The SMILES string of the molecule is CCOC(=O)[C@](O)(Cc1ccccc1)c1ccc(Oc2ccccc2)cc1. The number of carbonyl (C=O) groups is 1. The molecule has 138 valence electrons. The van der Waals surface area contributed by atoms with Crippen molar-refractivity contribution in [1.82, 2.24) is 0 Å². The largest absolute Gasteiger partial charge is 0.464 e. The van der Waals surface area contributed by atoms with Gasteiger partial charge in [0.05, 0.1) is 6.61 Å². The number of benzene rings is 3. The summed E-state index contributed by atoms with van der Waals surface area (Å²) in [5.41, 5.74) is -0.453. The number of rotatable bonds is 7. The molecule has 0 amide bonds. The van der Waals surface area contributed by atoms with Gasteiger partial charge in [0.2, 0.25) is 0 Å². The zero-order chi connectivity index (χ0) is 19.1. The van der Waals surface area contributed by atoms with Crippen LogP contribution in [0.2, 0.25) is 0 Å². The molecule has 0 heterocycles. The molecule has 4 nitrogen and oxygen atoms in total. The van der Waals surface area contributed by atoms with Gasteiger partial charge in [0.1, 0.15) is 11.5 Å². The normalized spacial score (nSPS) is 12.8. The molecule has 0 aliphatic rings. The van der Waals surface area contributed by atoms with Crippen molar-refractivity contribution in [2.24, 2.45) is 0 Å². The Hall–Kier alpha value is -3.11. The molecular formula is C23H22O4. The van der Waals surface area contributed by atoms with Gasteiger partial charge in [0.15, 0.2) is 5.60 Å². The van der Waals surface area contributed by atoms with Crippen LogP contribution in [0.5, 0.6) is 11.5 Å². The second kappa shape index (κ2) is 8.52. The van der Waals surface area contributed by atoms with E-state index in [9.17, 15) is 9.90 Å². The Kier molecular flexibility index (Phi) is 5.89. The average molecular weight is 362 g/mol. The third kappa shape index (κ3) is 4.54. The summed E-state index contributed by atoms with van der Waals surface area (Å²) in [7, 11) is 0. The van der Waals surface area contributed by atoms with Gasteiger partial charge in [0, 0.05) is 6.42 Å². The van der Waals surface area contributed by atoms with E-state index in [-0.39, 0.29) is 13.0 Å². The van der Waals surface area contributed by atoms with Crippen molar-refractivity contribution in [2.45, 2.75) is 18.9 Å². The maximum Gasteiger partial charge on any atom is 0.343 e. The smallest absolute Gasteiger partial charge is 0.343 e. The van der Waals surface area contributed by atoms with Crippen molar-refractivity contribution >= 4 is 5.97 Å². The summed E-state index contributed by atoms with van der Waals surface area (Å²) in [6.45, 7) is 1.92. The summed E-state index contributed by atoms with van der Waals surface area (Å²) in [4.78, 5) is 12.5. The molecular weight excluding hydrogens is 340 g/mol. The van der Waals surface area contributed by atoms with Crippen molar-refractivity contribution in [3.8, 4) is 11.5 Å². The van der Waals surface area contributed by atoms with Gasteiger partial charge in [-0.05, 0) is 42.3 Å². The molecule has 0 saturated heterocycles. The summed E-state index contributed by atoms with van der Waals surface area (Å²) in [5, 5.41) is 11.2. The summed E-state index contributed by atoms with van der Waals surface area (Å²) in [6.07, 6.45) is 0.131. The van der Waals surface area contributed by atoms with Gasteiger partial charge in [-0.1, -0.05) is 60.7 Å². The van der Waals surface area contributed by atoms with Crippen molar-refractivity contribution in [3.05, 3.63) is 96.1 Å². The van der Waals surface area contributed by atoms with Gasteiger partial charge in [-0.2, -0.15) is 0 Å². The molecule has 3 aromatic rings. The van der Waals surface area contributed by atoms with Crippen LogP contribution < -0.4 is 4.74 Å². The van der Waals surface area contributed by atoms with E-state index in [1.165, 1.54) is 0 Å². The number of hydrogen-bond acceptors (Lipinski definition) is 4. The van der Waals surface area contributed by atoms with E-state index in [0.717, 1.165) is 11.3 Å². The van der Waals surface area contributed by atoms with Crippen molar-refractivity contribution in [3.63, 3.8) is 0 Å². The lowest BCUT2D eigenvalue weighted by atomic mass is 9.87. The lowest BCUT2D eigenvalue weighted by Gasteiger charge is -2.26. The van der Waals surface area contributed by atoms with E-state index in [1.54, 1.807) is 31.2 Å². The lowest BCUT2D eigenvalue weighted by Crippen LogP contribution is -2.39. The van der Waals surface area contributed by atoms with E-state index in [0.29, 0.717) is 11.3 Å². The van der Waals surface area contributed by atoms with Crippen LogP contribution in [0.25, 0.3) is 0 Å². The first-order chi connectivity index (χ1) is 13.1. The molecule has 27 heavy (non-hydrogen) atoms. The molecule has 1 atom stereocenters. The van der Waals surface area contributed by atoms with Gasteiger partial charge in [-0.25, -0.2) is 4.79 Å². The first-order valence-electron chi connectivity index (χ1n) is 8.89. The van der Waals surface area contributed by atoms with Crippen LogP contribution in [0.15, 0.2) is 84.9 Å². The Morgan fingerprint density at radius 1 is 0.852 bits per heavy atom. The second-order valence-electron chi connectivity index (χ2n) is 6.18. The molecule has 0 spiro atoms. The van der Waals surface area contributed by atoms with Crippen LogP contribution in [0, 0.1) is 0 Å². The number of esters is 1. The number of para-hydroxylation sites is 1. The Balaban J connectivity index is 1.86. The van der Waals surface area contributed by atoms with Gasteiger partial charge in [-0.15, -0.1) is 0 Å². The first kappa shape index (κ1) is 18.7. The summed E-state index contributed by atoms with van der Waals surface area (Å²) in [5.74, 6) is 0.677.